The minimum atomic E-state index is -4.53. The van der Waals surface area contributed by atoms with Gasteiger partial charge in [0.2, 0.25) is 0 Å². The molecule has 0 saturated heterocycles. The van der Waals surface area contributed by atoms with Gasteiger partial charge in [-0.3, -0.25) is 0 Å². The predicted octanol–water partition coefficient (Wildman–Crippen LogP) is 9.65. The third-order valence-electron chi connectivity index (χ3n) is 7.77. The quantitative estimate of drug-likeness (QED) is 0.127. The molecule has 0 atom stereocenters. The van der Waals surface area contributed by atoms with Crippen LogP contribution in [0.2, 0.25) is 0 Å². The molecule has 4 heteroatoms. The van der Waals surface area contributed by atoms with Crippen LogP contribution in [0, 0.1) is 20.8 Å². The third-order valence-corrected chi connectivity index (χ3v) is 11.7. The van der Waals surface area contributed by atoms with Gasteiger partial charge >= 0.3 is 219 Å². The third kappa shape index (κ3) is 8.40. The number of benzene rings is 3. The van der Waals surface area contributed by atoms with Gasteiger partial charge in [0.05, 0.1) is 0 Å². The van der Waals surface area contributed by atoms with Crippen LogP contribution in [0.4, 0.5) is 0 Å². The van der Waals surface area contributed by atoms with Gasteiger partial charge in [0.25, 0.3) is 0 Å². The molecule has 0 spiro atoms. The standard InChI is InChI=1S/C35H51O3P/c1-5-6-7-8-9-10-11-12-13-14-15-22-29-37-39(36,34-27-20-17-24-31(34)3,35-28-21-18-25-32(35)4)38-33-26-19-16-23-30(33)2/h16-21,23-28,36H,5-15,22,29H2,1-4H3. The first kappa shape index (κ1) is 31.3. The fourth-order valence-electron chi connectivity index (χ4n) is 5.42. The van der Waals surface area contributed by atoms with Crippen LogP contribution in [0.15, 0.2) is 72.8 Å². The molecule has 0 aromatic heterocycles. The van der Waals surface area contributed by atoms with Crippen molar-refractivity contribution in [1.82, 2.24) is 0 Å². The molecule has 0 amide bonds. The molecular weight excluding hydrogens is 499 g/mol. The summed E-state index contributed by atoms with van der Waals surface area (Å²) < 4.78 is 13.6. The Hall–Kier alpha value is -2.19. The maximum absolute atomic E-state index is 13.1. The fourth-order valence-corrected chi connectivity index (χ4v) is 9.34. The molecule has 0 aliphatic heterocycles. The van der Waals surface area contributed by atoms with E-state index in [4.69, 9.17) is 9.05 Å². The molecule has 3 aromatic rings. The van der Waals surface area contributed by atoms with Crippen LogP contribution in [0.1, 0.15) is 101 Å². The van der Waals surface area contributed by atoms with E-state index in [0.717, 1.165) is 40.1 Å². The average molecular weight is 551 g/mol. The van der Waals surface area contributed by atoms with Crippen LogP contribution in [0.3, 0.4) is 0 Å². The number of aryl methyl sites for hydroxylation is 3. The zero-order valence-electron chi connectivity index (χ0n) is 24.8. The number of unbranched alkanes of at least 4 members (excludes halogenated alkanes) is 11. The molecular formula is C35H51O3P. The van der Waals surface area contributed by atoms with E-state index in [0.29, 0.717) is 12.4 Å². The predicted molar refractivity (Wildman–Crippen MR) is 170 cm³/mol. The first-order valence-corrected chi connectivity index (χ1v) is 17.2. The van der Waals surface area contributed by atoms with Crippen LogP contribution in [0.25, 0.3) is 0 Å². The number of hydrogen-bond donors (Lipinski definition) is 1. The monoisotopic (exact) mass is 550 g/mol. The summed E-state index contributed by atoms with van der Waals surface area (Å²) in [6.45, 7) is 8.78. The summed E-state index contributed by atoms with van der Waals surface area (Å²) in [6.07, 6.45) is 15.4. The van der Waals surface area contributed by atoms with Crippen molar-refractivity contribution < 1.29 is 13.9 Å². The molecule has 0 unspecified atom stereocenters. The van der Waals surface area contributed by atoms with Crippen LogP contribution in [-0.4, -0.2) is 11.5 Å². The van der Waals surface area contributed by atoms with E-state index in [1.54, 1.807) is 0 Å². The Morgan fingerprint density at radius 2 is 0.949 bits per heavy atom. The van der Waals surface area contributed by atoms with Gasteiger partial charge in [-0.25, -0.2) is 0 Å². The molecule has 3 nitrogen and oxygen atoms in total. The summed E-state index contributed by atoms with van der Waals surface area (Å²) >= 11 is 0. The first-order valence-electron chi connectivity index (χ1n) is 15.2. The normalized spacial score (nSPS) is 12.7. The summed E-state index contributed by atoms with van der Waals surface area (Å²) in [4.78, 5) is 13.1. The molecule has 0 fully saturated rings. The SMILES string of the molecule is CCCCCCCCCCCCCCOP(O)(Oc1ccccc1C)(c1ccccc1C)c1ccccc1C. The van der Waals surface area contributed by atoms with Crippen LogP contribution in [-0.2, 0) is 4.52 Å². The summed E-state index contributed by atoms with van der Waals surface area (Å²) in [7, 11) is -4.53. The molecule has 0 radical (unpaired) electrons. The zero-order valence-corrected chi connectivity index (χ0v) is 25.7. The van der Waals surface area contributed by atoms with Gasteiger partial charge in [-0.15, -0.1) is 0 Å². The van der Waals surface area contributed by atoms with Crippen molar-refractivity contribution in [2.75, 3.05) is 6.61 Å². The van der Waals surface area contributed by atoms with Gasteiger partial charge in [0.15, 0.2) is 0 Å². The second-order valence-corrected chi connectivity index (χ2v) is 14.3. The van der Waals surface area contributed by atoms with Gasteiger partial charge in [0.1, 0.15) is 0 Å². The number of para-hydroxylation sites is 1. The van der Waals surface area contributed by atoms with Crippen molar-refractivity contribution in [1.29, 1.82) is 0 Å². The van der Waals surface area contributed by atoms with E-state index >= 15 is 0 Å². The Bertz CT molecular complexity index is 1100. The first-order chi connectivity index (χ1) is 18.9. The van der Waals surface area contributed by atoms with E-state index in [1.807, 2.05) is 93.6 Å². The van der Waals surface area contributed by atoms with Gasteiger partial charge in [-0.2, -0.15) is 0 Å². The van der Waals surface area contributed by atoms with E-state index in [1.165, 1.54) is 64.2 Å². The van der Waals surface area contributed by atoms with Gasteiger partial charge in [-0.1, -0.05) is 19.8 Å². The second kappa shape index (κ2) is 15.6. The molecule has 0 bridgehead atoms. The molecule has 1 N–H and O–H groups in total. The molecule has 0 heterocycles. The molecule has 0 saturated carbocycles. The van der Waals surface area contributed by atoms with Gasteiger partial charge in [-0.05, 0) is 0 Å². The average Bonchev–Trinajstić information content (AvgIpc) is 2.93. The molecule has 214 valence electrons. The zero-order chi connectivity index (χ0) is 28.0. The number of rotatable bonds is 18. The van der Waals surface area contributed by atoms with Crippen molar-refractivity contribution in [2.45, 2.75) is 105 Å². The fraction of sp³-hybridized carbons (Fsp3) is 0.486. The van der Waals surface area contributed by atoms with Crippen LogP contribution in [0.5, 0.6) is 5.75 Å². The van der Waals surface area contributed by atoms with E-state index in [2.05, 4.69) is 6.92 Å². The molecule has 39 heavy (non-hydrogen) atoms. The van der Waals surface area contributed by atoms with E-state index < -0.39 is 7.28 Å². The Morgan fingerprint density at radius 3 is 1.41 bits per heavy atom. The Morgan fingerprint density at radius 1 is 0.538 bits per heavy atom. The van der Waals surface area contributed by atoms with Gasteiger partial charge < -0.3 is 0 Å². The number of hydrogen-bond acceptors (Lipinski definition) is 3. The van der Waals surface area contributed by atoms with Crippen molar-refractivity contribution in [3.8, 4) is 5.75 Å². The van der Waals surface area contributed by atoms with Crippen molar-refractivity contribution in [2.24, 2.45) is 0 Å². The minimum absolute atomic E-state index is 0.445. The summed E-state index contributed by atoms with van der Waals surface area (Å²) in [5.41, 5.74) is 2.89. The van der Waals surface area contributed by atoms with Crippen molar-refractivity contribution >= 4 is 17.9 Å². The van der Waals surface area contributed by atoms with E-state index in [9.17, 15) is 4.89 Å². The van der Waals surface area contributed by atoms with E-state index in [-0.39, 0.29) is 0 Å². The summed E-state index contributed by atoms with van der Waals surface area (Å²) in [6, 6.07) is 23.8. The molecule has 0 aliphatic carbocycles. The summed E-state index contributed by atoms with van der Waals surface area (Å²) in [5.74, 6) is 0.652. The molecule has 0 aliphatic rings. The van der Waals surface area contributed by atoms with Crippen LogP contribution >= 0.6 is 7.28 Å². The second-order valence-electron chi connectivity index (χ2n) is 11.1. The topological polar surface area (TPSA) is 38.7 Å². The van der Waals surface area contributed by atoms with Crippen LogP contribution < -0.4 is 15.1 Å². The van der Waals surface area contributed by atoms with Crippen molar-refractivity contribution in [3.63, 3.8) is 0 Å². The molecule has 3 aromatic carbocycles. The Labute approximate surface area is 238 Å². The van der Waals surface area contributed by atoms with Gasteiger partial charge in [0, 0.05) is 0 Å². The Kier molecular flexibility index (Phi) is 12.5. The van der Waals surface area contributed by atoms with Crippen molar-refractivity contribution in [3.05, 3.63) is 89.5 Å². The summed E-state index contributed by atoms with van der Waals surface area (Å²) in [5, 5.41) is 1.47. The maximum atomic E-state index is 13.1. The Balaban J connectivity index is 1.73. The molecule has 3 rings (SSSR count).